The third kappa shape index (κ3) is 25.6. The van der Waals surface area contributed by atoms with Gasteiger partial charge in [0.15, 0.2) is 5.78 Å². The quantitative estimate of drug-likeness (QED) is 0.564. The molecule has 0 aromatic rings. The summed E-state index contributed by atoms with van der Waals surface area (Å²) in [5, 5.41) is 16.3. The summed E-state index contributed by atoms with van der Waals surface area (Å²) in [5.41, 5.74) is 0. The van der Waals surface area contributed by atoms with Crippen molar-refractivity contribution in [2.24, 2.45) is 0 Å². The summed E-state index contributed by atoms with van der Waals surface area (Å²) in [6.45, 7) is 6.24. The molecule has 0 bridgehead atoms. The van der Waals surface area contributed by atoms with Gasteiger partial charge < -0.3 is 10.2 Å². The maximum Gasteiger partial charge on any atom is 0.157 e. The van der Waals surface area contributed by atoms with Gasteiger partial charge in [0.05, 0.1) is 0 Å². The van der Waals surface area contributed by atoms with E-state index in [9.17, 15) is 4.79 Å². The van der Waals surface area contributed by atoms with Gasteiger partial charge in [-0.1, -0.05) is 0 Å². The first-order valence-corrected chi connectivity index (χ1v) is 3.24. The summed E-state index contributed by atoms with van der Waals surface area (Å²) < 4.78 is 0. The zero-order chi connectivity index (χ0) is 8.73. The molecule has 0 heterocycles. The SMILES string of the molecule is CC(=O)C(C)O.CC(C)O. The van der Waals surface area contributed by atoms with Crippen molar-refractivity contribution >= 4 is 5.78 Å². The topological polar surface area (TPSA) is 57.5 Å². The highest BCUT2D eigenvalue weighted by Gasteiger charge is 1.97. The van der Waals surface area contributed by atoms with Crippen molar-refractivity contribution in [3.8, 4) is 0 Å². The van der Waals surface area contributed by atoms with Crippen LogP contribution in [0.4, 0.5) is 0 Å². The summed E-state index contributed by atoms with van der Waals surface area (Å²) in [4.78, 5) is 9.89. The summed E-state index contributed by atoms with van der Waals surface area (Å²) in [5.74, 6) is -0.185. The molecule has 0 aromatic heterocycles. The predicted octanol–water partition coefficient (Wildman–Crippen LogP) is 0.343. The molecule has 1 unspecified atom stereocenters. The van der Waals surface area contributed by atoms with E-state index in [1.165, 1.54) is 13.8 Å². The fourth-order valence-electron chi connectivity index (χ4n) is 0. The van der Waals surface area contributed by atoms with E-state index in [0.29, 0.717) is 0 Å². The molecule has 0 saturated carbocycles. The lowest BCUT2D eigenvalue weighted by Gasteiger charge is -1.90. The Morgan fingerprint density at radius 1 is 1.20 bits per heavy atom. The Kier molecular flexibility index (Phi) is 8.24. The van der Waals surface area contributed by atoms with Crippen LogP contribution < -0.4 is 0 Å². The smallest absolute Gasteiger partial charge is 0.157 e. The van der Waals surface area contributed by atoms with Gasteiger partial charge in [-0.05, 0) is 27.7 Å². The highest BCUT2D eigenvalue weighted by Crippen LogP contribution is 1.76. The molecule has 0 spiro atoms. The molecule has 0 aliphatic carbocycles. The molecule has 3 nitrogen and oxygen atoms in total. The van der Waals surface area contributed by atoms with Gasteiger partial charge in [0.2, 0.25) is 0 Å². The summed E-state index contributed by atoms with van der Waals surface area (Å²) >= 11 is 0. The molecule has 0 rings (SSSR count). The molecule has 0 aliphatic heterocycles. The van der Waals surface area contributed by atoms with Crippen molar-refractivity contribution in [3.05, 3.63) is 0 Å². The van der Waals surface area contributed by atoms with Crippen LogP contribution in [0.1, 0.15) is 27.7 Å². The lowest BCUT2D eigenvalue weighted by molar-refractivity contribution is -0.124. The Hall–Kier alpha value is -0.410. The number of aliphatic hydroxyl groups excluding tert-OH is 2. The molecule has 62 valence electrons. The highest BCUT2D eigenvalue weighted by molar-refractivity contribution is 5.79. The van der Waals surface area contributed by atoms with Crippen molar-refractivity contribution in [2.45, 2.75) is 39.9 Å². The predicted molar refractivity (Wildman–Crippen MR) is 39.7 cm³/mol. The van der Waals surface area contributed by atoms with Gasteiger partial charge in [0.1, 0.15) is 6.10 Å². The van der Waals surface area contributed by atoms with Crippen LogP contribution in [0.3, 0.4) is 0 Å². The fraction of sp³-hybridized carbons (Fsp3) is 0.857. The maximum atomic E-state index is 9.89. The van der Waals surface area contributed by atoms with E-state index in [2.05, 4.69) is 0 Å². The van der Waals surface area contributed by atoms with E-state index in [1.54, 1.807) is 13.8 Å². The Bertz CT molecular complexity index is 84.1. The lowest BCUT2D eigenvalue weighted by Crippen LogP contribution is -2.10. The Morgan fingerprint density at radius 3 is 1.30 bits per heavy atom. The molecule has 0 aliphatic rings. The standard InChI is InChI=1S/C4H8O2.C3H8O/c1-3(5)4(2)6;1-3(2)4/h3,5H,1-2H3;3-4H,1-2H3. The molecule has 0 saturated heterocycles. The highest BCUT2D eigenvalue weighted by atomic mass is 16.3. The Balaban J connectivity index is 0. The van der Waals surface area contributed by atoms with Gasteiger partial charge in [0.25, 0.3) is 0 Å². The maximum absolute atomic E-state index is 9.89. The zero-order valence-electron chi connectivity index (χ0n) is 6.96. The van der Waals surface area contributed by atoms with Crippen LogP contribution in [-0.4, -0.2) is 28.2 Å². The average Bonchev–Trinajstić information content (AvgIpc) is 1.63. The van der Waals surface area contributed by atoms with E-state index in [4.69, 9.17) is 10.2 Å². The minimum atomic E-state index is -0.787. The van der Waals surface area contributed by atoms with Crippen LogP contribution >= 0.6 is 0 Å². The molecule has 2 N–H and O–H groups in total. The van der Waals surface area contributed by atoms with E-state index in [-0.39, 0.29) is 11.9 Å². The molecule has 0 aromatic carbocycles. The van der Waals surface area contributed by atoms with Crippen molar-refractivity contribution < 1.29 is 15.0 Å². The van der Waals surface area contributed by atoms with Crippen LogP contribution in [0.15, 0.2) is 0 Å². The normalized spacial score (nSPS) is 11.9. The van der Waals surface area contributed by atoms with E-state index in [1.807, 2.05) is 0 Å². The number of Topliss-reactive ketones (excluding diaryl/α,β-unsaturated/α-hetero) is 1. The zero-order valence-corrected chi connectivity index (χ0v) is 6.96. The number of carbonyl (C=O) groups excluding carboxylic acids is 1. The second-order valence-corrected chi connectivity index (χ2v) is 2.38. The number of rotatable bonds is 1. The molecule has 1 atom stereocenters. The molecular weight excluding hydrogens is 132 g/mol. The lowest BCUT2D eigenvalue weighted by atomic mass is 10.3. The number of aliphatic hydroxyl groups is 2. The van der Waals surface area contributed by atoms with Crippen LogP contribution in [0, 0.1) is 0 Å². The molecule has 3 heteroatoms. The number of hydrogen-bond acceptors (Lipinski definition) is 3. The fourth-order valence-corrected chi connectivity index (χ4v) is 0. The molecular formula is C7H16O3. The van der Waals surface area contributed by atoms with Crippen molar-refractivity contribution in [1.82, 2.24) is 0 Å². The van der Waals surface area contributed by atoms with Gasteiger partial charge in [-0.25, -0.2) is 0 Å². The van der Waals surface area contributed by atoms with Crippen LogP contribution in [0.5, 0.6) is 0 Å². The molecule has 0 fully saturated rings. The van der Waals surface area contributed by atoms with Crippen LogP contribution in [0.25, 0.3) is 0 Å². The third-order valence-corrected chi connectivity index (χ3v) is 0.588. The van der Waals surface area contributed by atoms with Crippen LogP contribution in [-0.2, 0) is 4.79 Å². The summed E-state index contributed by atoms with van der Waals surface area (Å²) in [6.07, 6.45) is -0.954. The average molecular weight is 148 g/mol. The van der Waals surface area contributed by atoms with Gasteiger partial charge in [-0.15, -0.1) is 0 Å². The largest absolute Gasteiger partial charge is 0.394 e. The van der Waals surface area contributed by atoms with Crippen molar-refractivity contribution in [3.63, 3.8) is 0 Å². The first-order valence-electron chi connectivity index (χ1n) is 3.24. The van der Waals surface area contributed by atoms with Gasteiger partial charge in [0, 0.05) is 6.10 Å². The summed E-state index contributed by atoms with van der Waals surface area (Å²) in [7, 11) is 0. The molecule has 10 heavy (non-hydrogen) atoms. The second kappa shape index (κ2) is 6.71. The Morgan fingerprint density at radius 2 is 1.30 bits per heavy atom. The van der Waals surface area contributed by atoms with Crippen LogP contribution in [0.2, 0.25) is 0 Å². The van der Waals surface area contributed by atoms with Gasteiger partial charge in [-0.2, -0.15) is 0 Å². The van der Waals surface area contributed by atoms with E-state index >= 15 is 0 Å². The summed E-state index contributed by atoms with van der Waals surface area (Å²) in [6, 6.07) is 0. The van der Waals surface area contributed by atoms with Crippen molar-refractivity contribution in [1.29, 1.82) is 0 Å². The van der Waals surface area contributed by atoms with Gasteiger partial charge in [-0.3, -0.25) is 4.79 Å². The molecule has 0 radical (unpaired) electrons. The minimum Gasteiger partial charge on any atom is -0.394 e. The first kappa shape index (κ1) is 12.3. The van der Waals surface area contributed by atoms with Crippen molar-refractivity contribution in [2.75, 3.05) is 0 Å². The Labute approximate surface area is 61.7 Å². The third-order valence-electron chi connectivity index (χ3n) is 0.588. The number of ketones is 1. The van der Waals surface area contributed by atoms with E-state index in [0.717, 1.165) is 0 Å². The second-order valence-electron chi connectivity index (χ2n) is 2.38. The number of carbonyl (C=O) groups is 1. The molecule has 0 amide bonds. The minimum absolute atomic E-state index is 0.167. The van der Waals surface area contributed by atoms with E-state index < -0.39 is 6.10 Å². The monoisotopic (exact) mass is 148 g/mol. The van der Waals surface area contributed by atoms with Gasteiger partial charge >= 0.3 is 0 Å². The first-order chi connectivity index (χ1) is 4.37. The number of hydrogen-bond donors (Lipinski definition) is 2.